The number of rotatable bonds is 3. The summed E-state index contributed by atoms with van der Waals surface area (Å²) in [6.07, 6.45) is 3.58. The number of phenolic OH excluding ortho intramolecular Hbond substituents is 1. The Morgan fingerprint density at radius 3 is 3.11 bits per heavy atom. The molecule has 0 saturated heterocycles. The van der Waals surface area contributed by atoms with Crippen LogP contribution in [-0.4, -0.2) is 16.6 Å². The summed E-state index contributed by atoms with van der Waals surface area (Å²) in [5.41, 5.74) is 7.81. The van der Waals surface area contributed by atoms with Crippen LogP contribution in [0.2, 0.25) is 0 Å². The molecular formula is C15H18N2O2. The third kappa shape index (κ3) is 2.63. The molecule has 1 unspecified atom stereocenters. The standard InChI is InChI=1S/C15H18N2O2/c16-9-11-4-5-13-14(7-11)19-15(17-13)8-10-2-1-3-12(18)6-10/h1-3,6,11,18H,4-5,7-9,16H2. The van der Waals surface area contributed by atoms with E-state index in [1.54, 1.807) is 12.1 Å². The van der Waals surface area contributed by atoms with Gasteiger partial charge in [0.25, 0.3) is 0 Å². The van der Waals surface area contributed by atoms with Crippen molar-refractivity contribution in [2.75, 3.05) is 6.54 Å². The fraction of sp³-hybridized carbons (Fsp3) is 0.400. The Morgan fingerprint density at radius 1 is 1.42 bits per heavy atom. The van der Waals surface area contributed by atoms with Gasteiger partial charge in [0.1, 0.15) is 11.5 Å². The predicted molar refractivity (Wildman–Crippen MR) is 72.0 cm³/mol. The lowest BCUT2D eigenvalue weighted by Crippen LogP contribution is -2.21. The number of fused-ring (bicyclic) bond motifs is 1. The molecule has 0 amide bonds. The summed E-state index contributed by atoms with van der Waals surface area (Å²) in [5.74, 6) is 2.52. The molecule has 0 aliphatic heterocycles. The molecule has 19 heavy (non-hydrogen) atoms. The van der Waals surface area contributed by atoms with Gasteiger partial charge in [0.2, 0.25) is 0 Å². The average molecular weight is 258 g/mol. The quantitative estimate of drug-likeness (QED) is 0.883. The van der Waals surface area contributed by atoms with Crippen molar-refractivity contribution in [3.63, 3.8) is 0 Å². The fourth-order valence-corrected chi connectivity index (χ4v) is 2.61. The van der Waals surface area contributed by atoms with Gasteiger partial charge >= 0.3 is 0 Å². The predicted octanol–water partition coefficient (Wildman–Crippen LogP) is 2.03. The Balaban J connectivity index is 1.78. The van der Waals surface area contributed by atoms with E-state index in [2.05, 4.69) is 4.98 Å². The van der Waals surface area contributed by atoms with Gasteiger partial charge < -0.3 is 15.3 Å². The molecule has 1 aliphatic carbocycles. The Hall–Kier alpha value is -1.81. The van der Waals surface area contributed by atoms with Gasteiger partial charge in [0.05, 0.1) is 5.69 Å². The van der Waals surface area contributed by atoms with E-state index in [9.17, 15) is 5.11 Å². The van der Waals surface area contributed by atoms with Crippen LogP contribution < -0.4 is 5.73 Å². The fourth-order valence-electron chi connectivity index (χ4n) is 2.61. The maximum absolute atomic E-state index is 9.45. The molecule has 0 saturated carbocycles. The van der Waals surface area contributed by atoms with E-state index in [-0.39, 0.29) is 5.75 Å². The van der Waals surface area contributed by atoms with Crippen molar-refractivity contribution in [1.29, 1.82) is 0 Å². The lowest BCUT2D eigenvalue weighted by atomic mass is 9.91. The molecule has 0 fully saturated rings. The van der Waals surface area contributed by atoms with E-state index in [1.165, 1.54) is 0 Å². The molecule has 1 aliphatic rings. The summed E-state index contributed by atoms with van der Waals surface area (Å²) in [6.45, 7) is 0.710. The number of hydrogen-bond donors (Lipinski definition) is 2. The number of nitrogens with two attached hydrogens (primary N) is 1. The summed E-state index contributed by atoms with van der Waals surface area (Å²) in [6, 6.07) is 7.20. The number of oxazole rings is 1. The van der Waals surface area contributed by atoms with Crippen molar-refractivity contribution in [2.45, 2.75) is 25.7 Å². The number of aromatic nitrogens is 1. The van der Waals surface area contributed by atoms with E-state index in [1.807, 2.05) is 12.1 Å². The first-order valence-corrected chi connectivity index (χ1v) is 6.70. The molecule has 4 heteroatoms. The minimum absolute atomic E-state index is 0.275. The molecule has 1 heterocycles. The molecule has 2 aromatic rings. The van der Waals surface area contributed by atoms with Gasteiger partial charge in [-0.1, -0.05) is 12.1 Å². The summed E-state index contributed by atoms with van der Waals surface area (Å²) in [7, 11) is 0. The van der Waals surface area contributed by atoms with Crippen LogP contribution in [-0.2, 0) is 19.3 Å². The van der Waals surface area contributed by atoms with Crippen molar-refractivity contribution in [3.05, 3.63) is 47.2 Å². The van der Waals surface area contributed by atoms with Gasteiger partial charge in [-0.25, -0.2) is 4.98 Å². The number of phenols is 1. The third-order valence-electron chi connectivity index (χ3n) is 3.69. The first-order chi connectivity index (χ1) is 9.24. The molecule has 1 atom stereocenters. The molecule has 1 aromatic carbocycles. The van der Waals surface area contributed by atoms with Crippen molar-refractivity contribution < 1.29 is 9.52 Å². The van der Waals surface area contributed by atoms with Crippen LogP contribution in [0.4, 0.5) is 0 Å². The van der Waals surface area contributed by atoms with Crippen LogP contribution in [0, 0.1) is 5.92 Å². The van der Waals surface area contributed by atoms with E-state index in [0.717, 1.165) is 42.2 Å². The first kappa shape index (κ1) is 12.2. The summed E-state index contributed by atoms with van der Waals surface area (Å²) in [4.78, 5) is 4.56. The minimum Gasteiger partial charge on any atom is -0.508 e. The van der Waals surface area contributed by atoms with E-state index in [4.69, 9.17) is 10.2 Å². The maximum Gasteiger partial charge on any atom is 0.199 e. The summed E-state index contributed by atoms with van der Waals surface area (Å²) in [5, 5.41) is 9.45. The van der Waals surface area contributed by atoms with Crippen LogP contribution in [0.3, 0.4) is 0 Å². The Labute approximate surface area is 112 Å². The molecule has 4 nitrogen and oxygen atoms in total. The summed E-state index contributed by atoms with van der Waals surface area (Å²) < 4.78 is 5.83. The largest absolute Gasteiger partial charge is 0.508 e. The minimum atomic E-state index is 0.275. The zero-order valence-corrected chi connectivity index (χ0v) is 10.8. The van der Waals surface area contributed by atoms with Gasteiger partial charge in [-0.2, -0.15) is 0 Å². The Kier molecular flexibility index (Phi) is 3.25. The molecule has 0 bridgehead atoms. The SMILES string of the molecule is NCC1CCc2nc(Cc3cccc(O)c3)oc2C1. The number of nitrogens with zero attached hydrogens (tertiary/aromatic N) is 1. The average Bonchev–Trinajstić information content (AvgIpc) is 2.79. The van der Waals surface area contributed by atoms with Crippen LogP contribution in [0.5, 0.6) is 5.75 Å². The lowest BCUT2D eigenvalue weighted by Gasteiger charge is -2.17. The highest BCUT2D eigenvalue weighted by Gasteiger charge is 2.23. The number of aryl methyl sites for hydroxylation is 1. The number of hydrogen-bond acceptors (Lipinski definition) is 4. The van der Waals surface area contributed by atoms with Crippen molar-refractivity contribution in [2.24, 2.45) is 11.7 Å². The van der Waals surface area contributed by atoms with Gasteiger partial charge in [-0.15, -0.1) is 0 Å². The normalized spacial score (nSPS) is 18.3. The van der Waals surface area contributed by atoms with Crippen LogP contribution in [0.15, 0.2) is 28.7 Å². The molecular weight excluding hydrogens is 240 g/mol. The van der Waals surface area contributed by atoms with E-state index in [0.29, 0.717) is 18.9 Å². The smallest absolute Gasteiger partial charge is 0.199 e. The highest BCUT2D eigenvalue weighted by atomic mass is 16.4. The molecule has 1 aromatic heterocycles. The van der Waals surface area contributed by atoms with E-state index >= 15 is 0 Å². The maximum atomic E-state index is 9.45. The van der Waals surface area contributed by atoms with Gasteiger partial charge in [0.15, 0.2) is 5.89 Å². The van der Waals surface area contributed by atoms with E-state index < -0.39 is 0 Å². The monoisotopic (exact) mass is 258 g/mol. The third-order valence-corrected chi connectivity index (χ3v) is 3.69. The lowest BCUT2D eigenvalue weighted by molar-refractivity contribution is 0.385. The molecule has 0 spiro atoms. The van der Waals surface area contributed by atoms with Gasteiger partial charge in [-0.05, 0) is 43.0 Å². The van der Waals surface area contributed by atoms with Crippen molar-refractivity contribution in [3.8, 4) is 5.75 Å². The van der Waals surface area contributed by atoms with Gasteiger partial charge in [-0.3, -0.25) is 0 Å². The van der Waals surface area contributed by atoms with Crippen molar-refractivity contribution >= 4 is 0 Å². The summed E-state index contributed by atoms with van der Waals surface area (Å²) >= 11 is 0. The molecule has 3 N–H and O–H groups in total. The van der Waals surface area contributed by atoms with Gasteiger partial charge in [0, 0.05) is 12.8 Å². The zero-order valence-electron chi connectivity index (χ0n) is 10.8. The highest BCUT2D eigenvalue weighted by Crippen LogP contribution is 2.26. The topological polar surface area (TPSA) is 72.3 Å². The van der Waals surface area contributed by atoms with Crippen LogP contribution in [0.1, 0.15) is 29.3 Å². The Bertz CT molecular complexity index is 577. The molecule has 0 radical (unpaired) electrons. The molecule has 3 rings (SSSR count). The number of benzene rings is 1. The second kappa shape index (κ2) is 5.05. The molecule has 100 valence electrons. The Morgan fingerprint density at radius 2 is 2.32 bits per heavy atom. The second-order valence-electron chi connectivity index (χ2n) is 5.17. The highest BCUT2D eigenvalue weighted by molar-refractivity contribution is 5.29. The zero-order chi connectivity index (χ0) is 13.2. The van der Waals surface area contributed by atoms with Crippen LogP contribution >= 0.6 is 0 Å². The first-order valence-electron chi connectivity index (χ1n) is 6.70. The number of aromatic hydroxyl groups is 1. The van der Waals surface area contributed by atoms with Crippen LogP contribution in [0.25, 0.3) is 0 Å². The second-order valence-corrected chi connectivity index (χ2v) is 5.17. The van der Waals surface area contributed by atoms with Crippen molar-refractivity contribution in [1.82, 2.24) is 4.98 Å².